The summed E-state index contributed by atoms with van der Waals surface area (Å²) in [4.78, 5) is 7.73. The van der Waals surface area contributed by atoms with E-state index in [0.717, 1.165) is 24.2 Å². The van der Waals surface area contributed by atoms with E-state index in [4.69, 9.17) is 21.7 Å². The monoisotopic (exact) mass is 279 g/mol. The van der Waals surface area contributed by atoms with E-state index in [1.807, 2.05) is 12.1 Å². The topological polar surface area (TPSA) is 52.1 Å². The predicted molar refractivity (Wildman–Crippen MR) is 75.1 cm³/mol. The van der Waals surface area contributed by atoms with Crippen LogP contribution in [0.3, 0.4) is 0 Å². The fourth-order valence-electron chi connectivity index (χ4n) is 2.67. The molecule has 0 radical (unpaired) electrons. The largest absolute Gasteiger partial charge is 0.481 e. The molecule has 6 heteroatoms. The summed E-state index contributed by atoms with van der Waals surface area (Å²) in [5.41, 5.74) is 1.57. The molecule has 0 saturated carbocycles. The van der Waals surface area contributed by atoms with Crippen molar-refractivity contribution in [2.45, 2.75) is 31.9 Å². The van der Waals surface area contributed by atoms with Gasteiger partial charge in [-0.3, -0.25) is 4.57 Å². The first-order chi connectivity index (χ1) is 9.06. The second-order valence-corrected chi connectivity index (χ2v) is 5.50. The third-order valence-corrected chi connectivity index (χ3v) is 4.36. The van der Waals surface area contributed by atoms with Crippen molar-refractivity contribution in [2.75, 3.05) is 13.7 Å². The summed E-state index contributed by atoms with van der Waals surface area (Å²) in [6.45, 7) is 4.98. The van der Waals surface area contributed by atoms with Gasteiger partial charge in [-0.25, -0.2) is 0 Å². The number of pyridine rings is 1. The number of nitrogens with one attached hydrogen (secondary N) is 1. The van der Waals surface area contributed by atoms with Gasteiger partial charge in [-0.1, -0.05) is 0 Å². The van der Waals surface area contributed by atoms with Crippen LogP contribution in [0.25, 0.3) is 11.2 Å². The van der Waals surface area contributed by atoms with Crippen LogP contribution in [0.5, 0.6) is 5.88 Å². The molecule has 0 amide bonds. The highest BCUT2D eigenvalue weighted by atomic mass is 32.1. The highest BCUT2D eigenvalue weighted by Crippen LogP contribution is 2.35. The Morgan fingerprint density at radius 2 is 2.37 bits per heavy atom. The van der Waals surface area contributed by atoms with Gasteiger partial charge in [0.25, 0.3) is 0 Å². The van der Waals surface area contributed by atoms with Gasteiger partial charge in [-0.2, -0.15) is 4.98 Å². The molecule has 2 unspecified atom stereocenters. The highest BCUT2D eigenvalue weighted by Gasteiger charge is 2.40. The van der Waals surface area contributed by atoms with E-state index >= 15 is 0 Å². The summed E-state index contributed by atoms with van der Waals surface area (Å²) in [5, 5.41) is 0. The maximum atomic E-state index is 5.71. The zero-order valence-corrected chi connectivity index (χ0v) is 12.1. The van der Waals surface area contributed by atoms with Crippen molar-refractivity contribution < 1.29 is 9.47 Å². The number of imidazole rings is 1. The first kappa shape index (κ1) is 12.6. The molecule has 1 aliphatic heterocycles. The van der Waals surface area contributed by atoms with Gasteiger partial charge in [0.05, 0.1) is 24.3 Å². The Bertz CT molecular complexity index is 678. The van der Waals surface area contributed by atoms with Gasteiger partial charge in [0, 0.05) is 12.7 Å². The summed E-state index contributed by atoms with van der Waals surface area (Å²) >= 11 is 5.46. The lowest BCUT2D eigenvalue weighted by molar-refractivity contribution is 0.0767. The quantitative estimate of drug-likeness (QED) is 0.859. The molecular weight excluding hydrogens is 262 g/mol. The highest BCUT2D eigenvalue weighted by molar-refractivity contribution is 7.71. The molecule has 2 aromatic heterocycles. The van der Waals surface area contributed by atoms with E-state index in [0.29, 0.717) is 10.7 Å². The molecule has 0 aliphatic carbocycles. The molecule has 0 spiro atoms. The number of methoxy groups -OCH3 is 1. The number of hydrogen-bond acceptors (Lipinski definition) is 4. The SMILES string of the molecule is COc1ccc2[nH]c(=S)n(C3(C)CCOC3C)c2n1. The van der Waals surface area contributed by atoms with Gasteiger partial charge in [-0.05, 0) is 38.6 Å². The predicted octanol–water partition coefficient (Wildman–Crippen LogP) is 2.63. The van der Waals surface area contributed by atoms with Crippen LogP contribution in [0, 0.1) is 4.77 Å². The maximum absolute atomic E-state index is 5.71. The fraction of sp³-hybridized carbons (Fsp3) is 0.538. The number of aromatic nitrogens is 3. The van der Waals surface area contributed by atoms with E-state index < -0.39 is 0 Å². The molecule has 1 fully saturated rings. The number of fused-ring (bicyclic) bond motifs is 1. The molecule has 1 N–H and O–H groups in total. The Labute approximate surface area is 116 Å². The lowest BCUT2D eigenvalue weighted by Gasteiger charge is -2.29. The van der Waals surface area contributed by atoms with Crippen LogP contribution in [0.4, 0.5) is 0 Å². The van der Waals surface area contributed by atoms with Crippen molar-refractivity contribution >= 4 is 23.4 Å². The lowest BCUT2D eigenvalue weighted by atomic mass is 9.94. The zero-order chi connectivity index (χ0) is 13.6. The van der Waals surface area contributed by atoms with Crippen molar-refractivity contribution in [3.05, 3.63) is 16.9 Å². The third-order valence-electron chi connectivity index (χ3n) is 4.08. The van der Waals surface area contributed by atoms with Gasteiger partial charge in [0.2, 0.25) is 5.88 Å². The van der Waals surface area contributed by atoms with Gasteiger partial charge in [-0.15, -0.1) is 0 Å². The number of hydrogen-bond donors (Lipinski definition) is 1. The van der Waals surface area contributed by atoms with Crippen LogP contribution in [0.1, 0.15) is 20.3 Å². The van der Waals surface area contributed by atoms with E-state index in [1.54, 1.807) is 7.11 Å². The van der Waals surface area contributed by atoms with Crippen LogP contribution < -0.4 is 4.74 Å². The molecule has 1 aliphatic rings. The number of H-pyrrole nitrogens is 1. The van der Waals surface area contributed by atoms with Crippen LogP contribution in [0.2, 0.25) is 0 Å². The zero-order valence-electron chi connectivity index (χ0n) is 11.3. The minimum atomic E-state index is -0.172. The van der Waals surface area contributed by atoms with E-state index in [1.165, 1.54) is 0 Å². The molecule has 0 bridgehead atoms. The molecule has 5 nitrogen and oxygen atoms in total. The Kier molecular flexibility index (Phi) is 2.87. The van der Waals surface area contributed by atoms with Crippen LogP contribution in [-0.2, 0) is 10.3 Å². The van der Waals surface area contributed by atoms with Crippen molar-refractivity contribution in [1.82, 2.24) is 14.5 Å². The molecule has 2 aromatic rings. The lowest BCUT2D eigenvalue weighted by Crippen LogP contribution is -2.37. The fourth-order valence-corrected chi connectivity index (χ4v) is 3.08. The van der Waals surface area contributed by atoms with E-state index in [2.05, 4.69) is 28.4 Å². The Morgan fingerprint density at radius 1 is 1.58 bits per heavy atom. The first-order valence-electron chi connectivity index (χ1n) is 6.34. The summed E-state index contributed by atoms with van der Waals surface area (Å²) in [5.74, 6) is 0.588. The van der Waals surface area contributed by atoms with Crippen LogP contribution in [-0.4, -0.2) is 34.4 Å². The van der Waals surface area contributed by atoms with E-state index in [9.17, 15) is 0 Å². The number of nitrogens with zero attached hydrogens (tertiary/aromatic N) is 2. The Hall–Kier alpha value is -1.40. The van der Waals surface area contributed by atoms with Gasteiger partial charge in [0.15, 0.2) is 10.4 Å². The maximum Gasteiger partial charge on any atom is 0.215 e. The van der Waals surface area contributed by atoms with Crippen molar-refractivity contribution in [1.29, 1.82) is 0 Å². The van der Waals surface area contributed by atoms with Gasteiger partial charge >= 0.3 is 0 Å². The summed E-state index contributed by atoms with van der Waals surface area (Å²) in [6.07, 6.45) is 1.03. The second kappa shape index (κ2) is 4.31. The summed E-state index contributed by atoms with van der Waals surface area (Å²) < 4.78 is 13.7. The van der Waals surface area contributed by atoms with Gasteiger partial charge in [0.1, 0.15) is 0 Å². The minimum Gasteiger partial charge on any atom is -0.481 e. The average Bonchev–Trinajstić information content (AvgIpc) is 2.89. The number of rotatable bonds is 2. The summed E-state index contributed by atoms with van der Waals surface area (Å²) in [7, 11) is 1.61. The molecule has 102 valence electrons. The van der Waals surface area contributed by atoms with Crippen LogP contribution >= 0.6 is 12.2 Å². The first-order valence-corrected chi connectivity index (χ1v) is 6.75. The van der Waals surface area contributed by atoms with Crippen molar-refractivity contribution in [3.63, 3.8) is 0 Å². The standard InChI is InChI=1S/C13H17N3O2S/c1-8-13(2,6-7-18-8)16-11-9(14-12(16)19)4-5-10(15-11)17-3/h4-5,8H,6-7H2,1-3H3,(H,14,19). The summed E-state index contributed by atoms with van der Waals surface area (Å²) in [6, 6.07) is 3.77. The Balaban J connectivity index is 2.28. The molecule has 3 rings (SSSR count). The second-order valence-electron chi connectivity index (χ2n) is 5.11. The average molecular weight is 279 g/mol. The van der Waals surface area contributed by atoms with E-state index in [-0.39, 0.29) is 11.6 Å². The molecule has 3 heterocycles. The minimum absolute atomic E-state index is 0.103. The molecule has 1 saturated heterocycles. The molecule has 19 heavy (non-hydrogen) atoms. The molecule has 0 aromatic carbocycles. The molecular formula is C13H17N3O2S. The van der Waals surface area contributed by atoms with Crippen molar-refractivity contribution in [3.8, 4) is 5.88 Å². The smallest absolute Gasteiger partial charge is 0.215 e. The molecule has 2 atom stereocenters. The number of aromatic amines is 1. The Morgan fingerprint density at radius 3 is 3.00 bits per heavy atom. The van der Waals surface area contributed by atoms with Crippen molar-refractivity contribution in [2.24, 2.45) is 0 Å². The van der Waals surface area contributed by atoms with Crippen LogP contribution in [0.15, 0.2) is 12.1 Å². The third kappa shape index (κ3) is 1.78. The normalized spacial score (nSPS) is 27.0. The number of ether oxygens (including phenoxy) is 2. The van der Waals surface area contributed by atoms with Gasteiger partial charge < -0.3 is 14.5 Å².